The predicted molar refractivity (Wildman–Crippen MR) is 79.6 cm³/mol. The van der Waals surface area contributed by atoms with Crippen LogP contribution in [0, 0.1) is 24.2 Å². The van der Waals surface area contributed by atoms with Crippen LogP contribution < -0.4 is 10.6 Å². The summed E-state index contributed by atoms with van der Waals surface area (Å²) in [6, 6.07) is 9.90. The second kappa shape index (κ2) is 8.00. The Hall–Kier alpha value is -2.28. The van der Waals surface area contributed by atoms with Crippen molar-refractivity contribution in [2.45, 2.75) is 27.3 Å². The van der Waals surface area contributed by atoms with E-state index in [4.69, 9.17) is 5.26 Å². The molecule has 0 aromatic heterocycles. The largest absolute Gasteiger partial charge is 0.386 e. The van der Waals surface area contributed by atoms with Crippen molar-refractivity contribution in [2.24, 2.45) is 5.92 Å². The summed E-state index contributed by atoms with van der Waals surface area (Å²) in [5.74, 6) is 0.0253. The molecule has 2 N–H and O–H groups in total. The van der Waals surface area contributed by atoms with Gasteiger partial charge in [0.25, 0.3) is 5.91 Å². The SMILES string of the molecule is Cc1ccccc1CN/C=C(/C#N)C(=O)NCC(C)C. The van der Waals surface area contributed by atoms with Crippen LogP contribution in [-0.4, -0.2) is 12.5 Å². The summed E-state index contributed by atoms with van der Waals surface area (Å²) < 4.78 is 0. The lowest BCUT2D eigenvalue weighted by Crippen LogP contribution is -2.29. The number of amides is 1. The Kier molecular flexibility index (Phi) is 6.31. The van der Waals surface area contributed by atoms with Crippen LogP contribution in [0.5, 0.6) is 0 Å². The molecule has 0 heterocycles. The molecule has 0 aliphatic rings. The predicted octanol–water partition coefficient (Wildman–Crippen LogP) is 2.26. The average molecular weight is 271 g/mol. The van der Waals surface area contributed by atoms with Crippen LogP contribution in [0.3, 0.4) is 0 Å². The summed E-state index contributed by atoms with van der Waals surface area (Å²) in [6.07, 6.45) is 1.47. The summed E-state index contributed by atoms with van der Waals surface area (Å²) in [6.45, 7) is 7.20. The molecule has 1 aromatic rings. The van der Waals surface area contributed by atoms with Gasteiger partial charge in [-0.25, -0.2) is 0 Å². The standard InChI is InChI=1S/C16H21N3O/c1-12(2)9-19-16(20)15(8-17)11-18-10-14-7-5-4-6-13(14)3/h4-7,11-12,18H,9-10H2,1-3H3,(H,19,20)/b15-11-. The van der Waals surface area contributed by atoms with Crippen molar-refractivity contribution in [3.05, 3.63) is 47.2 Å². The Labute approximate surface area is 120 Å². The maximum absolute atomic E-state index is 11.7. The molecule has 0 atom stereocenters. The van der Waals surface area contributed by atoms with E-state index in [-0.39, 0.29) is 11.5 Å². The lowest BCUT2D eigenvalue weighted by molar-refractivity contribution is -0.117. The molecular weight excluding hydrogens is 250 g/mol. The zero-order valence-corrected chi connectivity index (χ0v) is 12.2. The number of nitrogens with one attached hydrogen (secondary N) is 2. The first-order valence-corrected chi connectivity index (χ1v) is 6.71. The van der Waals surface area contributed by atoms with Crippen molar-refractivity contribution in [3.63, 3.8) is 0 Å². The van der Waals surface area contributed by atoms with Gasteiger partial charge >= 0.3 is 0 Å². The zero-order chi connectivity index (χ0) is 15.0. The summed E-state index contributed by atoms with van der Waals surface area (Å²) in [4.78, 5) is 11.7. The van der Waals surface area contributed by atoms with E-state index in [1.807, 2.05) is 51.1 Å². The van der Waals surface area contributed by atoms with Gasteiger partial charge in [-0.2, -0.15) is 5.26 Å². The summed E-state index contributed by atoms with van der Waals surface area (Å²) >= 11 is 0. The second-order valence-electron chi connectivity index (χ2n) is 5.08. The summed E-state index contributed by atoms with van der Waals surface area (Å²) in [7, 11) is 0. The maximum atomic E-state index is 11.7. The van der Waals surface area contributed by atoms with E-state index in [1.54, 1.807) is 0 Å². The Bertz CT molecular complexity index is 527. The van der Waals surface area contributed by atoms with Gasteiger partial charge in [0.2, 0.25) is 0 Å². The fourth-order valence-electron chi connectivity index (χ4n) is 1.61. The van der Waals surface area contributed by atoms with Crippen molar-refractivity contribution in [3.8, 4) is 6.07 Å². The van der Waals surface area contributed by atoms with Crippen molar-refractivity contribution < 1.29 is 4.79 Å². The maximum Gasteiger partial charge on any atom is 0.263 e. The van der Waals surface area contributed by atoms with Crippen LogP contribution in [0.1, 0.15) is 25.0 Å². The second-order valence-corrected chi connectivity index (χ2v) is 5.08. The van der Waals surface area contributed by atoms with Crippen molar-refractivity contribution in [2.75, 3.05) is 6.54 Å². The van der Waals surface area contributed by atoms with Gasteiger partial charge in [0.05, 0.1) is 0 Å². The summed E-state index contributed by atoms with van der Waals surface area (Å²) in [5, 5.41) is 14.7. The van der Waals surface area contributed by atoms with Crippen LogP contribution in [0.15, 0.2) is 36.0 Å². The molecule has 0 saturated carbocycles. The molecular formula is C16H21N3O. The molecule has 20 heavy (non-hydrogen) atoms. The Balaban J connectivity index is 2.56. The topological polar surface area (TPSA) is 64.9 Å². The van der Waals surface area contributed by atoms with Gasteiger partial charge < -0.3 is 10.6 Å². The number of aryl methyl sites for hydroxylation is 1. The van der Waals surface area contributed by atoms with Crippen LogP contribution >= 0.6 is 0 Å². The quantitative estimate of drug-likeness (QED) is 0.616. The molecule has 106 valence electrons. The van der Waals surface area contributed by atoms with Crippen LogP contribution in [0.25, 0.3) is 0 Å². The molecule has 0 spiro atoms. The minimum Gasteiger partial charge on any atom is -0.386 e. The van der Waals surface area contributed by atoms with Gasteiger partial charge in [-0.1, -0.05) is 38.1 Å². The van der Waals surface area contributed by atoms with E-state index in [9.17, 15) is 4.79 Å². The lowest BCUT2D eigenvalue weighted by Gasteiger charge is -2.08. The third kappa shape index (κ3) is 5.15. The van der Waals surface area contributed by atoms with Crippen molar-refractivity contribution in [1.82, 2.24) is 10.6 Å². The number of carbonyl (C=O) groups excluding carboxylic acids is 1. The molecule has 0 bridgehead atoms. The smallest absolute Gasteiger partial charge is 0.263 e. The molecule has 0 unspecified atom stereocenters. The minimum absolute atomic E-state index is 0.0965. The molecule has 1 amide bonds. The van der Waals surface area contributed by atoms with Gasteiger partial charge in [-0.05, 0) is 24.0 Å². The number of benzene rings is 1. The molecule has 0 radical (unpaired) electrons. The van der Waals surface area contributed by atoms with E-state index in [0.29, 0.717) is 19.0 Å². The third-order valence-corrected chi connectivity index (χ3v) is 2.84. The van der Waals surface area contributed by atoms with Gasteiger partial charge in [-0.15, -0.1) is 0 Å². The summed E-state index contributed by atoms with van der Waals surface area (Å²) in [5.41, 5.74) is 2.42. The Morgan fingerprint density at radius 3 is 2.70 bits per heavy atom. The first-order valence-electron chi connectivity index (χ1n) is 6.71. The number of hydrogen-bond acceptors (Lipinski definition) is 3. The molecule has 1 aromatic carbocycles. The molecule has 0 saturated heterocycles. The van der Waals surface area contributed by atoms with Gasteiger partial charge in [0, 0.05) is 19.3 Å². The first kappa shape index (κ1) is 15.8. The lowest BCUT2D eigenvalue weighted by atomic mass is 10.1. The third-order valence-electron chi connectivity index (χ3n) is 2.84. The average Bonchev–Trinajstić information content (AvgIpc) is 2.43. The van der Waals surface area contributed by atoms with Crippen molar-refractivity contribution >= 4 is 5.91 Å². The van der Waals surface area contributed by atoms with Crippen LogP contribution in [-0.2, 0) is 11.3 Å². The molecule has 0 aliphatic heterocycles. The van der Waals surface area contributed by atoms with E-state index < -0.39 is 0 Å². The number of carbonyl (C=O) groups is 1. The normalized spacial score (nSPS) is 11.1. The van der Waals surface area contributed by atoms with E-state index in [0.717, 1.165) is 5.56 Å². The molecule has 1 rings (SSSR count). The van der Waals surface area contributed by atoms with Crippen LogP contribution in [0.2, 0.25) is 0 Å². The number of nitriles is 1. The highest BCUT2D eigenvalue weighted by molar-refractivity contribution is 5.97. The molecule has 0 fully saturated rings. The molecule has 4 heteroatoms. The Morgan fingerprint density at radius 1 is 1.40 bits per heavy atom. The number of rotatable bonds is 6. The van der Waals surface area contributed by atoms with Gasteiger partial charge in [0.15, 0.2) is 0 Å². The van der Waals surface area contributed by atoms with Gasteiger partial charge in [-0.3, -0.25) is 4.79 Å². The fourth-order valence-corrected chi connectivity index (χ4v) is 1.61. The van der Waals surface area contributed by atoms with E-state index in [1.165, 1.54) is 11.8 Å². The highest BCUT2D eigenvalue weighted by Gasteiger charge is 2.08. The minimum atomic E-state index is -0.335. The van der Waals surface area contributed by atoms with Gasteiger partial charge in [0.1, 0.15) is 11.6 Å². The molecule has 4 nitrogen and oxygen atoms in total. The van der Waals surface area contributed by atoms with Crippen molar-refractivity contribution in [1.29, 1.82) is 5.26 Å². The highest BCUT2D eigenvalue weighted by Crippen LogP contribution is 2.06. The number of nitrogens with zero attached hydrogens (tertiary/aromatic N) is 1. The monoisotopic (exact) mass is 271 g/mol. The van der Waals surface area contributed by atoms with E-state index in [2.05, 4.69) is 10.6 Å². The zero-order valence-electron chi connectivity index (χ0n) is 12.2. The van der Waals surface area contributed by atoms with Crippen LogP contribution in [0.4, 0.5) is 0 Å². The Morgan fingerprint density at radius 2 is 2.10 bits per heavy atom. The van der Waals surface area contributed by atoms with E-state index >= 15 is 0 Å². The fraction of sp³-hybridized carbons (Fsp3) is 0.375. The molecule has 0 aliphatic carbocycles. The number of hydrogen-bond donors (Lipinski definition) is 2. The first-order chi connectivity index (χ1) is 9.54. The highest BCUT2D eigenvalue weighted by atomic mass is 16.1.